The Bertz CT molecular complexity index is 543. The molecule has 1 saturated heterocycles. The number of likely N-dealkylation sites (tertiary alicyclic amines) is 1. The Labute approximate surface area is 135 Å². The molecule has 2 aliphatic rings. The number of amides is 1. The van der Waals surface area contributed by atoms with Crippen molar-refractivity contribution in [1.82, 2.24) is 4.90 Å². The number of rotatable bonds is 3. The van der Waals surface area contributed by atoms with Crippen molar-refractivity contribution in [2.45, 2.75) is 31.7 Å². The highest BCUT2D eigenvalue weighted by atomic mass is 35.5. The van der Waals surface area contributed by atoms with Crippen molar-refractivity contribution in [3.63, 3.8) is 0 Å². The normalized spacial score (nSPS) is 31.5. The summed E-state index contributed by atoms with van der Waals surface area (Å²) in [6, 6.07) is 5.86. The van der Waals surface area contributed by atoms with Crippen LogP contribution in [0.3, 0.4) is 0 Å². The smallest absolute Gasteiger partial charge is 0.226 e. The first-order chi connectivity index (χ1) is 9.99. The monoisotopic (exact) mass is 326 g/mol. The minimum absolute atomic E-state index is 0.0820. The maximum atomic E-state index is 12.7. The number of halogens is 2. The Morgan fingerprint density at radius 3 is 2.52 bits per heavy atom. The van der Waals surface area contributed by atoms with Gasteiger partial charge in [-0.05, 0) is 61.9 Å². The third kappa shape index (κ3) is 3.05. The van der Waals surface area contributed by atoms with Crippen LogP contribution >= 0.6 is 23.2 Å². The zero-order chi connectivity index (χ0) is 15.1. The van der Waals surface area contributed by atoms with Gasteiger partial charge >= 0.3 is 0 Å². The van der Waals surface area contributed by atoms with Crippen LogP contribution in [0.15, 0.2) is 18.2 Å². The number of carbonyl (C=O) groups is 1. The van der Waals surface area contributed by atoms with Crippen molar-refractivity contribution < 1.29 is 4.79 Å². The molecule has 4 unspecified atom stereocenters. The van der Waals surface area contributed by atoms with Crippen molar-refractivity contribution in [3.05, 3.63) is 33.8 Å². The molecule has 0 aromatic heterocycles. The largest absolute Gasteiger partial charge is 0.339 e. The van der Waals surface area contributed by atoms with Crippen molar-refractivity contribution >= 4 is 29.1 Å². The minimum atomic E-state index is 0.0820. The van der Waals surface area contributed by atoms with Gasteiger partial charge in [-0.2, -0.15) is 0 Å². The summed E-state index contributed by atoms with van der Waals surface area (Å²) < 4.78 is 0. The van der Waals surface area contributed by atoms with Crippen LogP contribution in [-0.2, 0) is 4.79 Å². The molecule has 1 aliphatic carbocycles. The second-order valence-corrected chi connectivity index (χ2v) is 7.20. The molecule has 1 aromatic rings. The average Bonchev–Trinajstić information content (AvgIpc) is 3.14. The van der Waals surface area contributed by atoms with E-state index < -0.39 is 0 Å². The second kappa shape index (κ2) is 5.79. The van der Waals surface area contributed by atoms with E-state index in [1.54, 1.807) is 6.07 Å². The molecule has 1 aliphatic heterocycles. The average molecular weight is 327 g/mol. The second-order valence-electron chi connectivity index (χ2n) is 6.33. The molecular formula is C16H20Cl2N2O. The number of carbonyl (C=O) groups excluding carboxylic acids is 1. The molecule has 4 atom stereocenters. The molecule has 5 heteroatoms. The van der Waals surface area contributed by atoms with Crippen LogP contribution in [-0.4, -0.2) is 29.9 Å². The standard InChI is InChI=1S/C16H20Cl2N2O/c1-9-2-10(7-19)8-20(9)16(21)15-6-14(15)11-3-12(17)5-13(18)4-11/h3-5,9-10,14-15H,2,6-8,19H2,1H3. The summed E-state index contributed by atoms with van der Waals surface area (Å²) in [7, 11) is 0. The third-order valence-electron chi connectivity index (χ3n) is 4.70. The van der Waals surface area contributed by atoms with Crippen molar-refractivity contribution in [1.29, 1.82) is 0 Å². The van der Waals surface area contributed by atoms with Gasteiger partial charge in [-0.1, -0.05) is 23.2 Å². The predicted octanol–water partition coefficient (Wildman–Crippen LogP) is 3.29. The summed E-state index contributed by atoms with van der Waals surface area (Å²) >= 11 is 12.1. The summed E-state index contributed by atoms with van der Waals surface area (Å²) in [5.74, 6) is 1.05. The quantitative estimate of drug-likeness (QED) is 0.926. The first-order valence-corrected chi connectivity index (χ1v) is 8.21. The molecule has 3 nitrogen and oxygen atoms in total. The summed E-state index contributed by atoms with van der Waals surface area (Å²) in [5.41, 5.74) is 6.81. The Hall–Kier alpha value is -0.770. The van der Waals surface area contributed by atoms with E-state index in [0.717, 1.165) is 24.9 Å². The minimum Gasteiger partial charge on any atom is -0.339 e. The lowest BCUT2D eigenvalue weighted by molar-refractivity contribution is -0.133. The number of nitrogens with zero attached hydrogens (tertiary/aromatic N) is 1. The maximum absolute atomic E-state index is 12.7. The van der Waals surface area contributed by atoms with Gasteiger partial charge in [0.2, 0.25) is 5.91 Å². The summed E-state index contributed by atoms with van der Waals surface area (Å²) in [6.07, 6.45) is 1.91. The van der Waals surface area contributed by atoms with E-state index in [4.69, 9.17) is 28.9 Å². The Balaban J connectivity index is 1.68. The Morgan fingerprint density at radius 2 is 1.95 bits per heavy atom. The van der Waals surface area contributed by atoms with E-state index in [1.807, 2.05) is 17.0 Å². The van der Waals surface area contributed by atoms with E-state index in [9.17, 15) is 4.79 Å². The number of nitrogens with two attached hydrogens (primary N) is 1. The molecule has 0 bridgehead atoms. The molecule has 2 N–H and O–H groups in total. The van der Waals surface area contributed by atoms with Crippen LogP contribution < -0.4 is 5.73 Å². The lowest BCUT2D eigenvalue weighted by Crippen LogP contribution is -2.35. The van der Waals surface area contributed by atoms with Crippen LogP contribution in [0.1, 0.15) is 31.2 Å². The summed E-state index contributed by atoms with van der Waals surface area (Å²) in [4.78, 5) is 14.7. The van der Waals surface area contributed by atoms with Crippen LogP contribution in [0.2, 0.25) is 10.0 Å². The van der Waals surface area contributed by atoms with E-state index in [-0.39, 0.29) is 17.7 Å². The highest BCUT2D eigenvalue weighted by Crippen LogP contribution is 2.50. The molecule has 0 spiro atoms. The predicted molar refractivity (Wildman–Crippen MR) is 85.6 cm³/mol. The lowest BCUT2D eigenvalue weighted by Gasteiger charge is -2.21. The van der Waals surface area contributed by atoms with E-state index in [0.29, 0.717) is 28.5 Å². The lowest BCUT2D eigenvalue weighted by atomic mass is 10.1. The molecule has 21 heavy (non-hydrogen) atoms. The first kappa shape index (κ1) is 15.1. The number of hydrogen-bond acceptors (Lipinski definition) is 2. The zero-order valence-corrected chi connectivity index (χ0v) is 13.6. The molecule has 1 aromatic carbocycles. The van der Waals surface area contributed by atoms with E-state index in [1.165, 1.54) is 0 Å². The highest BCUT2D eigenvalue weighted by molar-refractivity contribution is 6.34. The molecule has 114 valence electrons. The topological polar surface area (TPSA) is 46.3 Å². The molecule has 2 fully saturated rings. The molecule has 0 radical (unpaired) electrons. The van der Waals surface area contributed by atoms with Gasteiger partial charge in [0.15, 0.2) is 0 Å². The fourth-order valence-electron chi connectivity index (χ4n) is 3.46. The molecule has 3 rings (SSSR count). The third-order valence-corrected chi connectivity index (χ3v) is 5.13. The van der Waals surface area contributed by atoms with Gasteiger partial charge in [-0.15, -0.1) is 0 Å². The number of benzene rings is 1. The van der Waals surface area contributed by atoms with Gasteiger partial charge in [0.1, 0.15) is 0 Å². The molecule has 1 amide bonds. The van der Waals surface area contributed by atoms with Crippen LogP contribution in [0.4, 0.5) is 0 Å². The SMILES string of the molecule is CC1CC(CN)CN1C(=O)C1CC1c1cc(Cl)cc(Cl)c1. The van der Waals surface area contributed by atoms with Crippen LogP contribution in [0.5, 0.6) is 0 Å². The van der Waals surface area contributed by atoms with Gasteiger partial charge in [0.25, 0.3) is 0 Å². The summed E-state index contributed by atoms with van der Waals surface area (Å²) in [6.45, 7) is 3.57. The van der Waals surface area contributed by atoms with Gasteiger partial charge in [-0.3, -0.25) is 4.79 Å². The van der Waals surface area contributed by atoms with E-state index in [2.05, 4.69) is 6.92 Å². The first-order valence-electron chi connectivity index (χ1n) is 7.46. The number of hydrogen-bond donors (Lipinski definition) is 1. The Morgan fingerprint density at radius 1 is 1.29 bits per heavy atom. The molecule has 1 heterocycles. The van der Waals surface area contributed by atoms with Gasteiger partial charge in [0, 0.05) is 28.5 Å². The van der Waals surface area contributed by atoms with E-state index >= 15 is 0 Å². The van der Waals surface area contributed by atoms with Gasteiger partial charge < -0.3 is 10.6 Å². The Kier molecular flexibility index (Phi) is 4.17. The molecular weight excluding hydrogens is 307 g/mol. The molecule has 1 saturated carbocycles. The summed E-state index contributed by atoms with van der Waals surface area (Å²) in [5, 5.41) is 1.27. The highest BCUT2D eigenvalue weighted by Gasteiger charge is 2.48. The van der Waals surface area contributed by atoms with Crippen molar-refractivity contribution in [2.75, 3.05) is 13.1 Å². The van der Waals surface area contributed by atoms with Crippen LogP contribution in [0, 0.1) is 11.8 Å². The van der Waals surface area contributed by atoms with Crippen molar-refractivity contribution in [2.24, 2.45) is 17.6 Å². The maximum Gasteiger partial charge on any atom is 0.226 e. The fourth-order valence-corrected chi connectivity index (χ4v) is 4.00. The van der Waals surface area contributed by atoms with Gasteiger partial charge in [-0.25, -0.2) is 0 Å². The van der Waals surface area contributed by atoms with Gasteiger partial charge in [0.05, 0.1) is 0 Å². The van der Waals surface area contributed by atoms with Crippen molar-refractivity contribution in [3.8, 4) is 0 Å². The zero-order valence-electron chi connectivity index (χ0n) is 12.1. The van der Waals surface area contributed by atoms with Crippen LogP contribution in [0.25, 0.3) is 0 Å². The fraction of sp³-hybridized carbons (Fsp3) is 0.562.